The van der Waals surface area contributed by atoms with Gasteiger partial charge in [0.2, 0.25) is 0 Å². The molecule has 0 spiro atoms. The molecule has 25 heavy (non-hydrogen) atoms. The van der Waals surface area contributed by atoms with E-state index in [1.54, 1.807) is 31.2 Å². The summed E-state index contributed by atoms with van der Waals surface area (Å²) >= 11 is 6.33. The van der Waals surface area contributed by atoms with Gasteiger partial charge < -0.3 is 19.9 Å². The van der Waals surface area contributed by atoms with E-state index in [4.69, 9.17) is 21.1 Å². The summed E-state index contributed by atoms with van der Waals surface area (Å²) in [4.78, 5) is 24.6. The number of carboxylic acid groups (broad SMARTS) is 1. The van der Waals surface area contributed by atoms with Crippen LogP contribution >= 0.6 is 11.6 Å². The third kappa shape index (κ3) is 2.87. The second-order valence-electron chi connectivity index (χ2n) is 5.88. The van der Waals surface area contributed by atoms with Crippen LogP contribution in [-0.4, -0.2) is 37.3 Å². The maximum absolute atomic E-state index is 12.5. The third-order valence-corrected chi connectivity index (χ3v) is 4.89. The lowest BCUT2D eigenvalue weighted by molar-refractivity contribution is -0.145. The molecule has 6 nitrogen and oxygen atoms in total. The van der Waals surface area contributed by atoms with Crippen molar-refractivity contribution in [1.82, 2.24) is 5.32 Å². The lowest BCUT2D eigenvalue weighted by Gasteiger charge is -2.37. The molecule has 0 aromatic heterocycles. The van der Waals surface area contributed by atoms with Gasteiger partial charge in [-0.25, -0.2) is 4.79 Å². The summed E-state index contributed by atoms with van der Waals surface area (Å²) in [6, 6.07) is 6.92. The summed E-state index contributed by atoms with van der Waals surface area (Å²) in [5.74, 6) is -2.85. The molecule has 1 fully saturated rings. The van der Waals surface area contributed by atoms with Gasteiger partial charge in [-0.3, -0.25) is 4.79 Å². The van der Waals surface area contributed by atoms with Crippen molar-refractivity contribution in [2.75, 3.05) is 20.3 Å². The van der Waals surface area contributed by atoms with Crippen molar-refractivity contribution in [3.05, 3.63) is 57.5 Å². The Labute approximate surface area is 150 Å². The number of ether oxygens (including phenoxy) is 2. The molecule has 132 valence electrons. The van der Waals surface area contributed by atoms with Crippen molar-refractivity contribution in [3.8, 4) is 0 Å². The number of carbonyl (C=O) groups excluding carboxylic acids is 1. The second kappa shape index (κ2) is 6.80. The first-order valence-electron chi connectivity index (χ1n) is 7.84. The molecule has 0 saturated carbocycles. The molecule has 0 amide bonds. The molecule has 2 atom stereocenters. The molecule has 7 heteroatoms. The molecule has 1 saturated heterocycles. The first-order chi connectivity index (χ1) is 12.0. The van der Waals surface area contributed by atoms with E-state index in [2.05, 4.69) is 5.32 Å². The van der Waals surface area contributed by atoms with Crippen molar-refractivity contribution in [1.29, 1.82) is 0 Å². The van der Waals surface area contributed by atoms with Gasteiger partial charge in [0.15, 0.2) is 0 Å². The van der Waals surface area contributed by atoms with Crippen LogP contribution in [0.25, 0.3) is 0 Å². The molecule has 3 rings (SSSR count). The fraction of sp³-hybridized carbons (Fsp3) is 0.333. The molecular formula is C18H18ClNO5. The summed E-state index contributed by atoms with van der Waals surface area (Å²) in [6.45, 7) is 2.64. The van der Waals surface area contributed by atoms with Crippen LogP contribution in [0.15, 0.2) is 46.9 Å². The number of aliphatic carboxylic acids is 1. The lowest BCUT2D eigenvalue weighted by Crippen LogP contribution is -2.40. The highest BCUT2D eigenvalue weighted by Crippen LogP contribution is 2.47. The highest BCUT2D eigenvalue weighted by atomic mass is 35.5. The van der Waals surface area contributed by atoms with Crippen LogP contribution in [0.2, 0.25) is 5.02 Å². The number of carbonyl (C=O) groups is 2. The zero-order chi connectivity index (χ0) is 18.1. The second-order valence-corrected chi connectivity index (χ2v) is 6.29. The number of rotatable bonds is 3. The minimum Gasteiger partial charge on any atom is -0.490 e. The van der Waals surface area contributed by atoms with E-state index in [0.29, 0.717) is 40.8 Å². The Hall–Kier alpha value is -2.47. The van der Waals surface area contributed by atoms with Crippen molar-refractivity contribution in [2.24, 2.45) is 5.92 Å². The zero-order valence-corrected chi connectivity index (χ0v) is 14.6. The number of hydrogen-bond acceptors (Lipinski definition) is 5. The maximum Gasteiger partial charge on any atom is 0.334 e. The molecular weight excluding hydrogens is 346 g/mol. The van der Waals surface area contributed by atoms with Crippen LogP contribution in [-0.2, 0) is 19.1 Å². The van der Waals surface area contributed by atoms with Crippen LogP contribution in [0.3, 0.4) is 0 Å². The van der Waals surface area contributed by atoms with E-state index < -0.39 is 23.8 Å². The standard InChI is InChI=1S/C18H18ClNO5/c1-9-12(18(23)24-2)13(10-5-3-4-6-11(10)19)14(17(21)22)15-16(9)25-8-7-20-15/h3-6,12-13,20H,7-8H2,1-2H3,(H,21,22). The number of hydrogen-bond donors (Lipinski definition) is 2. The molecule has 1 aromatic carbocycles. The zero-order valence-electron chi connectivity index (χ0n) is 13.8. The van der Waals surface area contributed by atoms with Crippen LogP contribution in [0.4, 0.5) is 0 Å². The van der Waals surface area contributed by atoms with Crippen LogP contribution in [0, 0.1) is 5.92 Å². The Kier molecular flexibility index (Phi) is 4.72. The number of fused-ring (bicyclic) bond motifs is 1. The lowest BCUT2D eigenvalue weighted by atomic mass is 9.72. The largest absolute Gasteiger partial charge is 0.490 e. The summed E-state index contributed by atoms with van der Waals surface area (Å²) in [5.41, 5.74) is 1.66. The Balaban J connectivity index is 2.29. The predicted octanol–water partition coefficient (Wildman–Crippen LogP) is 2.46. The number of esters is 1. The fourth-order valence-corrected chi connectivity index (χ4v) is 3.72. The molecule has 1 aliphatic carbocycles. The fourth-order valence-electron chi connectivity index (χ4n) is 3.47. The van der Waals surface area contributed by atoms with E-state index in [1.165, 1.54) is 7.11 Å². The van der Waals surface area contributed by atoms with Crippen molar-refractivity contribution < 1.29 is 24.2 Å². The molecule has 1 heterocycles. The van der Waals surface area contributed by atoms with E-state index in [-0.39, 0.29) is 5.57 Å². The number of carboxylic acids is 1. The number of methoxy groups -OCH3 is 1. The SMILES string of the molecule is COC(=O)C1C(C)=C2OCCNC2=C(C(=O)O)C1c1ccccc1Cl. The predicted molar refractivity (Wildman–Crippen MR) is 91.0 cm³/mol. The normalized spacial score (nSPS) is 22.7. The van der Waals surface area contributed by atoms with Crippen molar-refractivity contribution >= 4 is 23.5 Å². The minimum absolute atomic E-state index is 0.0591. The van der Waals surface area contributed by atoms with E-state index in [9.17, 15) is 14.7 Å². The molecule has 0 radical (unpaired) electrons. The van der Waals surface area contributed by atoms with Gasteiger partial charge in [-0.2, -0.15) is 0 Å². The smallest absolute Gasteiger partial charge is 0.334 e. The average Bonchev–Trinajstić information content (AvgIpc) is 2.61. The first-order valence-corrected chi connectivity index (χ1v) is 8.22. The van der Waals surface area contributed by atoms with Gasteiger partial charge in [0.1, 0.15) is 12.4 Å². The van der Waals surface area contributed by atoms with E-state index in [0.717, 1.165) is 0 Å². The van der Waals surface area contributed by atoms with Gasteiger partial charge in [0.25, 0.3) is 0 Å². The summed E-state index contributed by atoms with van der Waals surface area (Å²) < 4.78 is 10.6. The Morgan fingerprint density at radius 3 is 2.72 bits per heavy atom. The van der Waals surface area contributed by atoms with Gasteiger partial charge in [0.05, 0.1) is 24.3 Å². The molecule has 2 unspecified atom stereocenters. The topological polar surface area (TPSA) is 84.9 Å². The van der Waals surface area contributed by atoms with Crippen LogP contribution < -0.4 is 5.32 Å². The molecule has 2 aliphatic rings. The van der Waals surface area contributed by atoms with Crippen molar-refractivity contribution in [3.63, 3.8) is 0 Å². The summed E-state index contributed by atoms with van der Waals surface area (Å²) in [5, 5.41) is 13.4. The highest BCUT2D eigenvalue weighted by Gasteiger charge is 2.46. The third-order valence-electron chi connectivity index (χ3n) is 4.54. The van der Waals surface area contributed by atoms with Gasteiger partial charge in [-0.1, -0.05) is 29.8 Å². The van der Waals surface area contributed by atoms with Gasteiger partial charge in [-0.15, -0.1) is 0 Å². The van der Waals surface area contributed by atoms with E-state index in [1.807, 2.05) is 0 Å². The number of morpholine rings is 1. The summed E-state index contributed by atoms with van der Waals surface area (Å²) in [7, 11) is 1.28. The number of benzene rings is 1. The highest BCUT2D eigenvalue weighted by molar-refractivity contribution is 6.31. The molecule has 0 bridgehead atoms. The summed E-state index contributed by atoms with van der Waals surface area (Å²) in [6.07, 6.45) is 0. The Morgan fingerprint density at radius 1 is 1.36 bits per heavy atom. The minimum atomic E-state index is -1.13. The van der Waals surface area contributed by atoms with Crippen LogP contribution in [0.1, 0.15) is 18.4 Å². The first kappa shape index (κ1) is 17.4. The van der Waals surface area contributed by atoms with Crippen molar-refractivity contribution in [2.45, 2.75) is 12.8 Å². The van der Waals surface area contributed by atoms with Gasteiger partial charge in [-0.05, 0) is 24.1 Å². The monoisotopic (exact) mass is 363 g/mol. The van der Waals surface area contributed by atoms with Crippen LogP contribution in [0.5, 0.6) is 0 Å². The molecule has 1 aliphatic heterocycles. The number of halogens is 1. The molecule has 1 aromatic rings. The van der Waals surface area contributed by atoms with Gasteiger partial charge in [0, 0.05) is 17.5 Å². The van der Waals surface area contributed by atoms with E-state index >= 15 is 0 Å². The Bertz CT molecular complexity index is 798. The molecule has 2 N–H and O–H groups in total. The average molecular weight is 364 g/mol. The quantitative estimate of drug-likeness (QED) is 0.802. The Morgan fingerprint density at radius 2 is 2.08 bits per heavy atom. The maximum atomic E-state index is 12.5. The van der Waals surface area contributed by atoms with Gasteiger partial charge >= 0.3 is 11.9 Å². The number of nitrogens with one attached hydrogen (secondary N) is 1.